The third-order valence-corrected chi connectivity index (χ3v) is 3.10. The Kier molecular flexibility index (Phi) is 4.73. The van der Waals surface area contributed by atoms with E-state index in [4.69, 9.17) is 5.11 Å². The quantitative estimate of drug-likeness (QED) is 0.710. The Morgan fingerprint density at radius 1 is 1.50 bits per heavy atom. The van der Waals surface area contributed by atoms with Crippen molar-refractivity contribution >= 4 is 11.9 Å². The zero-order valence-electron chi connectivity index (χ0n) is 9.90. The minimum atomic E-state index is -0.809. The Labute approximate surface area is 95.8 Å². The third kappa shape index (κ3) is 3.48. The molecule has 0 aromatic carbocycles. The first-order valence-electron chi connectivity index (χ1n) is 5.72. The van der Waals surface area contributed by atoms with Gasteiger partial charge in [0.25, 0.3) is 0 Å². The lowest BCUT2D eigenvalue weighted by Gasteiger charge is -2.22. The summed E-state index contributed by atoms with van der Waals surface area (Å²) in [7, 11) is 1.75. The van der Waals surface area contributed by atoms with Crippen molar-refractivity contribution in [1.82, 2.24) is 10.2 Å². The lowest BCUT2D eigenvalue weighted by atomic mass is 10.0. The van der Waals surface area contributed by atoms with Crippen LogP contribution >= 0.6 is 0 Å². The van der Waals surface area contributed by atoms with E-state index in [9.17, 15) is 9.59 Å². The highest BCUT2D eigenvalue weighted by molar-refractivity contribution is 5.79. The van der Waals surface area contributed by atoms with E-state index in [0.29, 0.717) is 13.0 Å². The van der Waals surface area contributed by atoms with Gasteiger partial charge in [0.1, 0.15) is 0 Å². The second kappa shape index (κ2) is 5.84. The van der Waals surface area contributed by atoms with Gasteiger partial charge in [0.2, 0.25) is 5.91 Å². The van der Waals surface area contributed by atoms with Crippen LogP contribution in [0.25, 0.3) is 0 Å². The van der Waals surface area contributed by atoms with Gasteiger partial charge in [-0.05, 0) is 26.3 Å². The van der Waals surface area contributed by atoms with Crippen molar-refractivity contribution in [2.45, 2.75) is 32.2 Å². The van der Waals surface area contributed by atoms with Crippen molar-refractivity contribution in [2.75, 3.05) is 20.1 Å². The molecule has 0 aliphatic carbocycles. The van der Waals surface area contributed by atoms with Crippen molar-refractivity contribution in [2.24, 2.45) is 5.92 Å². The van der Waals surface area contributed by atoms with Gasteiger partial charge in [-0.2, -0.15) is 0 Å². The molecule has 2 N–H and O–H groups in total. The molecule has 0 bridgehead atoms. The number of carboxylic acids is 1. The molecule has 1 heterocycles. The molecular weight excluding hydrogens is 208 g/mol. The molecule has 16 heavy (non-hydrogen) atoms. The molecule has 92 valence electrons. The normalized spacial score (nSPS) is 24.4. The van der Waals surface area contributed by atoms with E-state index in [1.165, 1.54) is 0 Å². The molecule has 0 radical (unpaired) electrons. The molecule has 1 fully saturated rings. The van der Waals surface area contributed by atoms with E-state index >= 15 is 0 Å². The maximum absolute atomic E-state index is 12.0. The van der Waals surface area contributed by atoms with Gasteiger partial charge >= 0.3 is 5.97 Å². The molecule has 0 spiro atoms. The second-order valence-corrected chi connectivity index (χ2v) is 4.40. The van der Waals surface area contributed by atoms with E-state index in [2.05, 4.69) is 5.32 Å². The van der Waals surface area contributed by atoms with Crippen LogP contribution in [0.2, 0.25) is 0 Å². The van der Waals surface area contributed by atoms with Gasteiger partial charge in [-0.1, -0.05) is 0 Å². The van der Waals surface area contributed by atoms with E-state index in [-0.39, 0.29) is 24.3 Å². The zero-order valence-corrected chi connectivity index (χ0v) is 9.90. The Balaban J connectivity index is 2.32. The molecule has 5 nitrogen and oxygen atoms in total. The number of hydrogen-bond donors (Lipinski definition) is 2. The summed E-state index contributed by atoms with van der Waals surface area (Å²) in [6.45, 7) is 3.43. The molecule has 2 unspecified atom stereocenters. The maximum atomic E-state index is 12.0. The van der Waals surface area contributed by atoms with E-state index < -0.39 is 5.97 Å². The Morgan fingerprint density at radius 3 is 2.69 bits per heavy atom. The fraction of sp³-hybridized carbons (Fsp3) is 0.818. The molecular formula is C11H20N2O3. The number of hydrogen-bond acceptors (Lipinski definition) is 3. The Morgan fingerprint density at radius 2 is 2.19 bits per heavy atom. The summed E-state index contributed by atoms with van der Waals surface area (Å²) in [4.78, 5) is 24.0. The molecule has 1 amide bonds. The molecule has 1 aliphatic rings. The summed E-state index contributed by atoms with van der Waals surface area (Å²) < 4.78 is 0. The standard InChI is InChI=1S/C11H20N2O3/c1-8-9(5-6-12-8)11(16)13(2)7-3-4-10(14)15/h8-9,12H,3-7H2,1-2H3,(H,14,15). The molecule has 2 atom stereocenters. The summed E-state index contributed by atoms with van der Waals surface area (Å²) in [5.74, 6) is -0.630. The van der Waals surface area contributed by atoms with Crippen LogP contribution in [0, 0.1) is 5.92 Å². The van der Waals surface area contributed by atoms with Crippen molar-refractivity contribution in [3.05, 3.63) is 0 Å². The van der Waals surface area contributed by atoms with Crippen LogP contribution < -0.4 is 5.32 Å². The number of amides is 1. The zero-order chi connectivity index (χ0) is 12.1. The van der Waals surface area contributed by atoms with Crippen molar-refractivity contribution in [3.63, 3.8) is 0 Å². The number of nitrogens with zero attached hydrogens (tertiary/aromatic N) is 1. The maximum Gasteiger partial charge on any atom is 0.303 e. The first kappa shape index (κ1) is 13.0. The number of aliphatic carboxylic acids is 1. The van der Waals surface area contributed by atoms with Gasteiger partial charge in [0, 0.05) is 26.1 Å². The first-order chi connectivity index (χ1) is 7.52. The molecule has 1 aliphatic heterocycles. The summed E-state index contributed by atoms with van der Waals surface area (Å²) in [5.41, 5.74) is 0. The average molecular weight is 228 g/mol. The number of nitrogens with one attached hydrogen (secondary N) is 1. The average Bonchev–Trinajstić information content (AvgIpc) is 2.62. The number of carbonyl (C=O) groups is 2. The largest absolute Gasteiger partial charge is 0.481 e. The second-order valence-electron chi connectivity index (χ2n) is 4.40. The highest BCUT2D eigenvalue weighted by Crippen LogP contribution is 2.17. The van der Waals surface area contributed by atoms with Crippen LogP contribution in [0.1, 0.15) is 26.2 Å². The van der Waals surface area contributed by atoms with Gasteiger partial charge in [0.05, 0.1) is 5.92 Å². The van der Waals surface area contributed by atoms with E-state index in [1.54, 1.807) is 11.9 Å². The van der Waals surface area contributed by atoms with Crippen LogP contribution in [0.15, 0.2) is 0 Å². The van der Waals surface area contributed by atoms with Gasteiger partial charge in [-0.25, -0.2) is 0 Å². The van der Waals surface area contributed by atoms with Crippen molar-refractivity contribution in [1.29, 1.82) is 0 Å². The SMILES string of the molecule is CC1NCCC1C(=O)N(C)CCCC(=O)O. The predicted octanol–water partition coefficient (Wildman–Crippen LogP) is 0.308. The van der Waals surface area contributed by atoms with Crippen LogP contribution in [0.5, 0.6) is 0 Å². The topological polar surface area (TPSA) is 69.6 Å². The summed E-state index contributed by atoms with van der Waals surface area (Å²) in [5, 5.41) is 11.7. The van der Waals surface area contributed by atoms with Crippen molar-refractivity contribution < 1.29 is 14.7 Å². The van der Waals surface area contributed by atoms with Gasteiger partial charge in [-0.15, -0.1) is 0 Å². The molecule has 0 aromatic heterocycles. The molecule has 5 heteroatoms. The molecule has 1 rings (SSSR count). The lowest BCUT2D eigenvalue weighted by molar-refractivity contribution is -0.138. The molecule has 0 aromatic rings. The summed E-state index contributed by atoms with van der Waals surface area (Å²) in [6, 6.07) is 0.231. The molecule has 0 saturated carbocycles. The minimum absolute atomic E-state index is 0.0508. The first-order valence-corrected chi connectivity index (χ1v) is 5.72. The van der Waals surface area contributed by atoms with Crippen LogP contribution in [-0.2, 0) is 9.59 Å². The number of carboxylic acid groups (broad SMARTS) is 1. The highest BCUT2D eigenvalue weighted by atomic mass is 16.4. The molecule has 1 saturated heterocycles. The van der Waals surface area contributed by atoms with E-state index in [1.807, 2.05) is 6.92 Å². The predicted molar refractivity (Wildman–Crippen MR) is 60.1 cm³/mol. The number of rotatable bonds is 5. The summed E-state index contributed by atoms with van der Waals surface area (Å²) >= 11 is 0. The summed E-state index contributed by atoms with van der Waals surface area (Å²) in [6.07, 6.45) is 1.52. The minimum Gasteiger partial charge on any atom is -0.481 e. The van der Waals surface area contributed by atoms with E-state index in [0.717, 1.165) is 13.0 Å². The number of carbonyl (C=O) groups excluding carboxylic acids is 1. The van der Waals surface area contributed by atoms with Crippen LogP contribution in [0.4, 0.5) is 0 Å². The van der Waals surface area contributed by atoms with Crippen molar-refractivity contribution in [3.8, 4) is 0 Å². The van der Waals surface area contributed by atoms with Crippen LogP contribution in [0.3, 0.4) is 0 Å². The van der Waals surface area contributed by atoms with Crippen LogP contribution in [-0.4, -0.2) is 48.1 Å². The van der Waals surface area contributed by atoms with Gasteiger partial charge in [-0.3, -0.25) is 9.59 Å². The fourth-order valence-corrected chi connectivity index (χ4v) is 2.06. The third-order valence-electron chi connectivity index (χ3n) is 3.10. The Bertz CT molecular complexity index is 268. The fourth-order valence-electron chi connectivity index (χ4n) is 2.06. The monoisotopic (exact) mass is 228 g/mol. The highest BCUT2D eigenvalue weighted by Gasteiger charge is 2.31. The lowest BCUT2D eigenvalue weighted by Crippen LogP contribution is -2.38. The Hall–Kier alpha value is -1.10. The van der Waals surface area contributed by atoms with Gasteiger partial charge < -0.3 is 15.3 Å². The smallest absolute Gasteiger partial charge is 0.303 e. The van der Waals surface area contributed by atoms with Gasteiger partial charge in [0.15, 0.2) is 0 Å².